The molecule has 0 aromatic carbocycles. The molecule has 0 radical (unpaired) electrons. The highest BCUT2D eigenvalue weighted by molar-refractivity contribution is 5.72. The first-order valence-electron chi connectivity index (χ1n) is 9.47. The van der Waals surface area contributed by atoms with Crippen LogP contribution < -0.4 is 0 Å². The van der Waals surface area contributed by atoms with Gasteiger partial charge in [0.25, 0.3) is 0 Å². The monoisotopic (exact) mass is 324 g/mol. The zero-order valence-corrected chi connectivity index (χ0v) is 14.7. The highest BCUT2D eigenvalue weighted by Gasteiger charge is 2.41. The van der Waals surface area contributed by atoms with Crippen LogP contribution in [0.25, 0.3) is 0 Å². The number of fused-ring (bicyclic) bond motifs is 2. The molecular weight excluding hydrogens is 292 g/mol. The second-order valence-electron chi connectivity index (χ2n) is 7.35. The SMILES string of the molecule is CCCCCC(C)OC(=O)CCCC(=O)OC1CC2CCC1C2. The number of ether oxygens (including phenoxy) is 2. The van der Waals surface area contributed by atoms with E-state index in [1.54, 1.807) is 0 Å². The van der Waals surface area contributed by atoms with Gasteiger partial charge in [-0.1, -0.05) is 19.8 Å². The molecule has 4 atom stereocenters. The van der Waals surface area contributed by atoms with Crippen LogP contribution in [0.1, 0.15) is 84.5 Å². The van der Waals surface area contributed by atoms with E-state index in [-0.39, 0.29) is 24.1 Å². The third-order valence-electron chi connectivity index (χ3n) is 5.26. The van der Waals surface area contributed by atoms with Crippen molar-refractivity contribution < 1.29 is 19.1 Å². The van der Waals surface area contributed by atoms with E-state index in [4.69, 9.17) is 9.47 Å². The van der Waals surface area contributed by atoms with Crippen LogP contribution in [0.5, 0.6) is 0 Å². The molecule has 2 saturated carbocycles. The second kappa shape index (κ2) is 9.29. The summed E-state index contributed by atoms with van der Waals surface area (Å²) >= 11 is 0. The van der Waals surface area contributed by atoms with Gasteiger partial charge in [-0.05, 0) is 63.7 Å². The Morgan fingerprint density at radius 1 is 1.04 bits per heavy atom. The first-order chi connectivity index (χ1) is 11.1. The van der Waals surface area contributed by atoms with Crippen LogP contribution in [-0.4, -0.2) is 24.1 Å². The molecule has 2 rings (SSSR count). The van der Waals surface area contributed by atoms with E-state index >= 15 is 0 Å². The Labute approximate surface area is 140 Å². The van der Waals surface area contributed by atoms with E-state index < -0.39 is 0 Å². The minimum Gasteiger partial charge on any atom is -0.463 e. The van der Waals surface area contributed by atoms with Crippen molar-refractivity contribution in [1.29, 1.82) is 0 Å². The van der Waals surface area contributed by atoms with Gasteiger partial charge in [-0.15, -0.1) is 0 Å². The van der Waals surface area contributed by atoms with Gasteiger partial charge in [-0.2, -0.15) is 0 Å². The molecule has 4 heteroatoms. The van der Waals surface area contributed by atoms with Crippen LogP contribution >= 0.6 is 0 Å². The average molecular weight is 324 g/mol. The minimum absolute atomic E-state index is 0.0185. The zero-order valence-electron chi connectivity index (χ0n) is 14.7. The molecule has 4 nitrogen and oxygen atoms in total. The summed E-state index contributed by atoms with van der Waals surface area (Å²) in [5, 5.41) is 0. The maximum atomic E-state index is 11.9. The van der Waals surface area contributed by atoms with Gasteiger partial charge in [0, 0.05) is 12.8 Å². The first kappa shape index (κ1) is 18.3. The van der Waals surface area contributed by atoms with Gasteiger partial charge in [0.2, 0.25) is 0 Å². The molecule has 0 saturated heterocycles. The fourth-order valence-electron chi connectivity index (χ4n) is 3.96. The zero-order chi connectivity index (χ0) is 16.7. The fourth-order valence-corrected chi connectivity index (χ4v) is 3.96. The predicted molar refractivity (Wildman–Crippen MR) is 88.9 cm³/mol. The van der Waals surface area contributed by atoms with Crippen LogP contribution in [0.15, 0.2) is 0 Å². The molecule has 0 heterocycles. The van der Waals surface area contributed by atoms with Crippen LogP contribution in [0.2, 0.25) is 0 Å². The normalized spacial score (nSPS) is 27.0. The lowest BCUT2D eigenvalue weighted by atomic mass is 9.98. The van der Waals surface area contributed by atoms with Gasteiger partial charge < -0.3 is 9.47 Å². The molecule has 132 valence electrons. The first-order valence-corrected chi connectivity index (χ1v) is 9.47. The molecular formula is C19H32O4. The summed E-state index contributed by atoms with van der Waals surface area (Å²) in [7, 11) is 0. The molecule has 2 fully saturated rings. The van der Waals surface area contributed by atoms with Gasteiger partial charge in [-0.25, -0.2) is 0 Å². The van der Waals surface area contributed by atoms with Crippen molar-refractivity contribution in [2.24, 2.45) is 11.8 Å². The summed E-state index contributed by atoms with van der Waals surface area (Å²) in [6.45, 7) is 4.10. The van der Waals surface area contributed by atoms with E-state index in [0.29, 0.717) is 25.2 Å². The van der Waals surface area contributed by atoms with E-state index in [1.165, 1.54) is 32.1 Å². The lowest BCUT2D eigenvalue weighted by Crippen LogP contribution is -2.24. The Balaban J connectivity index is 1.52. The highest BCUT2D eigenvalue weighted by atomic mass is 16.5. The molecule has 0 amide bonds. The minimum atomic E-state index is -0.193. The number of carbonyl (C=O) groups excluding carboxylic acids is 2. The highest BCUT2D eigenvalue weighted by Crippen LogP contribution is 2.45. The molecule has 0 N–H and O–H groups in total. The van der Waals surface area contributed by atoms with Gasteiger partial charge in [0.15, 0.2) is 0 Å². The molecule has 0 aliphatic heterocycles. The number of hydrogen-bond donors (Lipinski definition) is 0. The third-order valence-corrected chi connectivity index (χ3v) is 5.26. The molecule has 23 heavy (non-hydrogen) atoms. The molecule has 4 unspecified atom stereocenters. The summed E-state index contributed by atoms with van der Waals surface area (Å²) in [6, 6.07) is 0. The van der Waals surface area contributed by atoms with E-state index in [9.17, 15) is 9.59 Å². The maximum Gasteiger partial charge on any atom is 0.306 e. The summed E-state index contributed by atoms with van der Waals surface area (Å²) in [5.74, 6) is 1.04. The Morgan fingerprint density at radius 2 is 1.83 bits per heavy atom. The third kappa shape index (κ3) is 6.15. The molecule has 0 aromatic rings. The van der Waals surface area contributed by atoms with Crippen molar-refractivity contribution in [3.8, 4) is 0 Å². The van der Waals surface area contributed by atoms with Gasteiger partial charge in [0.05, 0.1) is 6.10 Å². The Bertz CT molecular complexity index is 393. The van der Waals surface area contributed by atoms with Crippen LogP contribution in [0, 0.1) is 11.8 Å². The number of unbranched alkanes of at least 4 members (excludes halogenated alkanes) is 2. The smallest absolute Gasteiger partial charge is 0.306 e. The number of esters is 2. The van der Waals surface area contributed by atoms with Gasteiger partial charge in [0.1, 0.15) is 6.10 Å². The standard InChI is InChI=1S/C19H32O4/c1-3-4-5-7-14(2)22-18(20)8-6-9-19(21)23-17-13-15-10-11-16(17)12-15/h14-17H,3-13H2,1-2H3. The van der Waals surface area contributed by atoms with Crippen molar-refractivity contribution in [1.82, 2.24) is 0 Å². The van der Waals surface area contributed by atoms with Crippen LogP contribution in [-0.2, 0) is 19.1 Å². The Morgan fingerprint density at radius 3 is 2.48 bits per heavy atom. The van der Waals surface area contributed by atoms with E-state index in [0.717, 1.165) is 25.2 Å². The van der Waals surface area contributed by atoms with Crippen molar-refractivity contribution >= 4 is 11.9 Å². The van der Waals surface area contributed by atoms with Crippen molar-refractivity contribution in [2.45, 2.75) is 96.7 Å². The van der Waals surface area contributed by atoms with E-state index in [2.05, 4.69) is 6.92 Å². The number of hydrogen-bond acceptors (Lipinski definition) is 4. The summed E-state index contributed by atoms with van der Waals surface area (Å²) in [5.41, 5.74) is 0. The summed E-state index contributed by atoms with van der Waals surface area (Å²) in [6.07, 6.45) is 10.5. The lowest BCUT2D eigenvalue weighted by Gasteiger charge is -2.21. The molecule has 2 aliphatic carbocycles. The Kier molecular flexibility index (Phi) is 7.38. The largest absolute Gasteiger partial charge is 0.463 e. The summed E-state index contributed by atoms with van der Waals surface area (Å²) in [4.78, 5) is 23.6. The molecule has 2 bridgehead atoms. The second-order valence-corrected chi connectivity index (χ2v) is 7.35. The van der Waals surface area contributed by atoms with Gasteiger partial charge in [-0.3, -0.25) is 9.59 Å². The van der Waals surface area contributed by atoms with Crippen LogP contribution in [0.4, 0.5) is 0 Å². The number of carbonyl (C=O) groups is 2. The number of rotatable bonds is 10. The quantitative estimate of drug-likeness (QED) is 0.441. The van der Waals surface area contributed by atoms with Crippen molar-refractivity contribution in [2.75, 3.05) is 0 Å². The fraction of sp³-hybridized carbons (Fsp3) is 0.895. The summed E-state index contributed by atoms with van der Waals surface area (Å²) < 4.78 is 10.9. The topological polar surface area (TPSA) is 52.6 Å². The maximum absolute atomic E-state index is 11.9. The molecule has 0 spiro atoms. The van der Waals surface area contributed by atoms with Crippen molar-refractivity contribution in [3.05, 3.63) is 0 Å². The molecule has 2 aliphatic rings. The Hall–Kier alpha value is -1.06. The lowest BCUT2D eigenvalue weighted by molar-refractivity contribution is -0.152. The van der Waals surface area contributed by atoms with E-state index in [1.807, 2.05) is 6.92 Å². The average Bonchev–Trinajstić information content (AvgIpc) is 3.10. The molecule has 0 aromatic heterocycles. The van der Waals surface area contributed by atoms with Crippen LogP contribution in [0.3, 0.4) is 0 Å². The van der Waals surface area contributed by atoms with Crippen molar-refractivity contribution in [3.63, 3.8) is 0 Å². The predicted octanol–water partition coefficient (Wildman–Crippen LogP) is 4.40. The van der Waals surface area contributed by atoms with Gasteiger partial charge >= 0.3 is 11.9 Å².